The Morgan fingerprint density at radius 3 is 2.45 bits per heavy atom. The van der Waals surface area contributed by atoms with Gasteiger partial charge in [0.25, 0.3) is 0 Å². The topological polar surface area (TPSA) is 66.4 Å². The molecule has 4 nitrogen and oxygen atoms in total. The first-order valence-electron chi connectivity index (χ1n) is 3.49. The molecule has 2 N–H and O–H groups in total. The Morgan fingerprint density at radius 1 is 1.55 bits per heavy atom. The lowest BCUT2D eigenvalue weighted by Gasteiger charge is -2.04. The van der Waals surface area contributed by atoms with Gasteiger partial charge in [0.05, 0.1) is 0 Å². The second-order valence-electron chi connectivity index (χ2n) is 2.42. The van der Waals surface area contributed by atoms with Gasteiger partial charge < -0.3 is 10.4 Å². The zero-order valence-corrected chi connectivity index (χ0v) is 6.76. The Labute approximate surface area is 65.6 Å². The van der Waals surface area contributed by atoms with Crippen molar-refractivity contribution in [2.75, 3.05) is 6.54 Å². The van der Waals surface area contributed by atoms with Crippen LogP contribution in [0.2, 0.25) is 0 Å². The molecule has 0 aliphatic carbocycles. The van der Waals surface area contributed by atoms with Gasteiger partial charge in [0, 0.05) is 13.0 Å². The van der Waals surface area contributed by atoms with E-state index in [0.717, 1.165) is 0 Å². The molecule has 1 atom stereocenters. The molecule has 1 unspecified atom stereocenters. The molecule has 0 aromatic carbocycles. The van der Waals surface area contributed by atoms with Crippen molar-refractivity contribution in [3.05, 3.63) is 0 Å². The number of amides is 1. The minimum atomic E-state index is -0.998. The monoisotopic (exact) mass is 159 g/mol. The molecule has 64 valence electrons. The third-order valence-electron chi connectivity index (χ3n) is 1.16. The maximum Gasteiger partial charge on any atom is 0.248 e. The van der Waals surface area contributed by atoms with E-state index in [9.17, 15) is 9.59 Å². The third kappa shape index (κ3) is 5.54. The molecule has 0 aromatic heterocycles. The average molecular weight is 159 g/mol. The molecule has 0 fully saturated rings. The Bertz CT molecular complexity index is 154. The number of rotatable bonds is 4. The highest BCUT2D eigenvalue weighted by atomic mass is 16.3. The number of aliphatic hydroxyl groups excluding tert-OH is 1. The first-order chi connectivity index (χ1) is 5.04. The highest BCUT2D eigenvalue weighted by molar-refractivity contribution is 5.81. The fourth-order valence-corrected chi connectivity index (χ4v) is 0.509. The summed E-state index contributed by atoms with van der Waals surface area (Å²) in [6, 6.07) is 0. The van der Waals surface area contributed by atoms with Gasteiger partial charge in [-0.3, -0.25) is 9.59 Å². The van der Waals surface area contributed by atoms with Gasteiger partial charge in [-0.05, 0) is 13.8 Å². The van der Waals surface area contributed by atoms with Crippen molar-refractivity contribution in [1.82, 2.24) is 5.32 Å². The second kappa shape index (κ2) is 4.85. The van der Waals surface area contributed by atoms with Crippen molar-refractivity contribution >= 4 is 11.7 Å². The summed E-state index contributed by atoms with van der Waals surface area (Å²) in [5, 5.41) is 11.1. The lowest BCUT2D eigenvalue weighted by molar-refractivity contribution is -0.128. The van der Waals surface area contributed by atoms with E-state index >= 15 is 0 Å². The van der Waals surface area contributed by atoms with Gasteiger partial charge in [0.15, 0.2) is 0 Å². The molecule has 0 heterocycles. The smallest absolute Gasteiger partial charge is 0.248 e. The summed E-state index contributed by atoms with van der Waals surface area (Å²) in [6.07, 6.45) is -0.680. The van der Waals surface area contributed by atoms with Crippen LogP contribution in [0.1, 0.15) is 20.3 Å². The first kappa shape index (κ1) is 10.1. The quantitative estimate of drug-likeness (QED) is 0.579. The second-order valence-corrected chi connectivity index (χ2v) is 2.42. The van der Waals surface area contributed by atoms with E-state index in [2.05, 4.69) is 5.32 Å². The zero-order valence-electron chi connectivity index (χ0n) is 6.76. The van der Waals surface area contributed by atoms with E-state index in [0.29, 0.717) is 13.0 Å². The van der Waals surface area contributed by atoms with Crippen LogP contribution in [0.3, 0.4) is 0 Å². The number of hydrogen-bond donors (Lipinski definition) is 2. The summed E-state index contributed by atoms with van der Waals surface area (Å²) >= 11 is 0. The van der Waals surface area contributed by atoms with Crippen LogP contribution < -0.4 is 5.32 Å². The molecule has 0 spiro atoms. The first-order valence-corrected chi connectivity index (χ1v) is 3.49. The van der Waals surface area contributed by atoms with Crippen LogP contribution in [-0.4, -0.2) is 29.4 Å². The normalized spacial score (nSPS) is 12.3. The van der Waals surface area contributed by atoms with Crippen LogP contribution in [0.5, 0.6) is 0 Å². The molecule has 0 aromatic rings. The van der Waals surface area contributed by atoms with Crippen molar-refractivity contribution in [1.29, 1.82) is 0 Å². The van der Waals surface area contributed by atoms with Gasteiger partial charge in [0.1, 0.15) is 11.9 Å². The molecule has 0 rings (SSSR count). The van der Waals surface area contributed by atoms with Gasteiger partial charge in [0.2, 0.25) is 5.91 Å². The Morgan fingerprint density at radius 2 is 2.09 bits per heavy atom. The summed E-state index contributed by atoms with van der Waals surface area (Å²) < 4.78 is 0. The van der Waals surface area contributed by atoms with Crippen LogP contribution in [0.15, 0.2) is 0 Å². The number of nitrogens with one attached hydrogen (secondary N) is 1. The van der Waals surface area contributed by atoms with Crippen molar-refractivity contribution in [2.24, 2.45) is 0 Å². The van der Waals surface area contributed by atoms with Gasteiger partial charge >= 0.3 is 0 Å². The molecule has 1 amide bonds. The Kier molecular flexibility index (Phi) is 4.45. The zero-order chi connectivity index (χ0) is 8.85. The predicted octanol–water partition coefficient (Wildman–Crippen LogP) is -0.538. The lowest BCUT2D eigenvalue weighted by Crippen LogP contribution is -2.33. The van der Waals surface area contributed by atoms with Crippen molar-refractivity contribution in [3.8, 4) is 0 Å². The summed E-state index contributed by atoms with van der Waals surface area (Å²) in [6.45, 7) is 3.14. The van der Waals surface area contributed by atoms with E-state index in [1.807, 2.05) is 0 Å². The maximum absolute atomic E-state index is 10.7. The van der Waals surface area contributed by atoms with Crippen LogP contribution in [0, 0.1) is 0 Å². The van der Waals surface area contributed by atoms with Crippen LogP contribution in [0.4, 0.5) is 0 Å². The molecule has 11 heavy (non-hydrogen) atoms. The highest BCUT2D eigenvalue weighted by Gasteiger charge is 2.06. The molecule has 0 saturated carbocycles. The largest absolute Gasteiger partial charge is 0.384 e. The molecular weight excluding hydrogens is 146 g/mol. The molecule has 0 saturated heterocycles. The standard InChI is InChI=1S/C7H13NO3/c1-5(9)3-4-8-7(11)6(2)10/h6,10H,3-4H2,1-2H3,(H,8,11). The third-order valence-corrected chi connectivity index (χ3v) is 1.16. The number of aliphatic hydroxyl groups is 1. The lowest BCUT2D eigenvalue weighted by atomic mass is 10.3. The van der Waals surface area contributed by atoms with Crippen LogP contribution in [-0.2, 0) is 9.59 Å². The molecule has 0 aliphatic heterocycles. The fraction of sp³-hybridized carbons (Fsp3) is 0.714. The number of Topliss-reactive ketones (excluding diaryl/α,β-unsaturated/α-hetero) is 1. The SMILES string of the molecule is CC(=O)CCNC(=O)C(C)O. The van der Waals surface area contributed by atoms with Gasteiger partial charge in [-0.25, -0.2) is 0 Å². The highest BCUT2D eigenvalue weighted by Crippen LogP contribution is 1.81. The molecule has 4 heteroatoms. The van der Waals surface area contributed by atoms with Gasteiger partial charge in [-0.15, -0.1) is 0 Å². The van der Waals surface area contributed by atoms with Crippen LogP contribution in [0.25, 0.3) is 0 Å². The van der Waals surface area contributed by atoms with Crippen molar-refractivity contribution < 1.29 is 14.7 Å². The molecule has 0 radical (unpaired) electrons. The summed E-state index contributed by atoms with van der Waals surface area (Å²) in [4.78, 5) is 21.0. The minimum Gasteiger partial charge on any atom is -0.384 e. The molecule has 0 aliphatic rings. The van der Waals surface area contributed by atoms with Gasteiger partial charge in [-0.1, -0.05) is 0 Å². The van der Waals surface area contributed by atoms with Gasteiger partial charge in [-0.2, -0.15) is 0 Å². The summed E-state index contributed by atoms with van der Waals surface area (Å²) in [7, 11) is 0. The number of carbonyl (C=O) groups is 2. The number of hydrogen-bond acceptors (Lipinski definition) is 3. The Balaban J connectivity index is 3.39. The van der Waals surface area contributed by atoms with E-state index in [1.54, 1.807) is 0 Å². The van der Waals surface area contributed by atoms with E-state index in [4.69, 9.17) is 5.11 Å². The van der Waals surface area contributed by atoms with E-state index < -0.39 is 12.0 Å². The van der Waals surface area contributed by atoms with E-state index in [-0.39, 0.29) is 5.78 Å². The maximum atomic E-state index is 10.7. The molecular formula is C7H13NO3. The average Bonchev–Trinajstić information content (AvgIpc) is 1.86. The van der Waals surface area contributed by atoms with Crippen molar-refractivity contribution in [2.45, 2.75) is 26.4 Å². The Hall–Kier alpha value is -0.900. The predicted molar refractivity (Wildman–Crippen MR) is 40.0 cm³/mol. The number of carbonyl (C=O) groups excluding carboxylic acids is 2. The van der Waals surface area contributed by atoms with Crippen molar-refractivity contribution in [3.63, 3.8) is 0 Å². The van der Waals surface area contributed by atoms with E-state index in [1.165, 1.54) is 13.8 Å². The fourth-order valence-electron chi connectivity index (χ4n) is 0.509. The molecule has 0 bridgehead atoms. The van der Waals surface area contributed by atoms with Crippen LogP contribution >= 0.6 is 0 Å². The summed E-state index contributed by atoms with van der Waals surface area (Å²) in [5.74, 6) is -0.415. The minimum absolute atomic E-state index is 0.0240. The summed E-state index contributed by atoms with van der Waals surface area (Å²) in [5.41, 5.74) is 0. The number of ketones is 1.